The molecule has 66 valence electrons. The predicted octanol–water partition coefficient (Wildman–Crippen LogP) is 3.77. The largest absolute Gasteiger partial charge is 0.298 e. The minimum Gasteiger partial charge on any atom is -0.298 e. The second-order valence-electron chi connectivity index (χ2n) is 2.58. The van der Waals surface area contributed by atoms with E-state index in [0.717, 1.165) is 25.7 Å². The van der Waals surface area contributed by atoms with Crippen molar-refractivity contribution in [2.24, 2.45) is 0 Å². The van der Waals surface area contributed by atoms with Crippen LogP contribution in [0.4, 0.5) is 0 Å². The zero-order valence-electron chi connectivity index (χ0n) is 6.45. The third-order valence-electron chi connectivity index (χ3n) is 1.82. The number of benzene rings is 1. The molecule has 0 saturated carbocycles. The SMILES string of the molecule is O=Cc1cc(Br)c2sccc2c1S. The predicted molar refractivity (Wildman–Crippen MR) is 62.2 cm³/mol. The molecule has 0 atom stereocenters. The minimum atomic E-state index is 0.626. The van der Waals surface area contributed by atoms with Crippen molar-refractivity contribution >= 4 is 56.3 Å². The van der Waals surface area contributed by atoms with Crippen LogP contribution in [0.1, 0.15) is 10.4 Å². The maximum absolute atomic E-state index is 10.7. The molecule has 0 unspecified atom stereocenters. The molecule has 0 spiro atoms. The fraction of sp³-hybridized carbons (Fsp3) is 0. The van der Waals surface area contributed by atoms with Crippen LogP contribution in [0.3, 0.4) is 0 Å². The summed E-state index contributed by atoms with van der Waals surface area (Å²) < 4.78 is 2.09. The van der Waals surface area contributed by atoms with Crippen LogP contribution in [0.2, 0.25) is 0 Å². The Labute approximate surface area is 93.3 Å². The van der Waals surface area contributed by atoms with Crippen molar-refractivity contribution in [1.29, 1.82) is 0 Å². The Morgan fingerprint density at radius 2 is 2.31 bits per heavy atom. The normalized spacial score (nSPS) is 10.6. The van der Waals surface area contributed by atoms with Crippen LogP contribution >= 0.6 is 39.9 Å². The highest BCUT2D eigenvalue weighted by Gasteiger charge is 2.08. The number of aldehydes is 1. The molecule has 1 aromatic heterocycles. The number of hydrogen-bond acceptors (Lipinski definition) is 3. The first kappa shape index (κ1) is 9.24. The van der Waals surface area contributed by atoms with E-state index in [9.17, 15) is 4.79 Å². The quantitative estimate of drug-likeness (QED) is 0.618. The highest BCUT2D eigenvalue weighted by atomic mass is 79.9. The summed E-state index contributed by atoms with van der Waals surface area (Å²) in [4.78, 5) is 11.4. The topological polar surface area (TPSA) is 17.1 Å². The molecule has 0 aliphatic heterocycles. The third kappa shape index (κ3) is 1.43. The van der Waals surface area contributed by atoms with Gasteiger partial charge in [0.05, 0.1) is 0 Å². The second-order valence-corrected chi connectivity index (χ2v) is 4.80. The molecule has 0 fully saturated rings. The van der Waals surface area contributed by atoms with Gasteiger partial charge in [0.1, 0.15) is 0 Å². The molecule has 2 rings (SSSR count). The minimum absolute atomic E-state index is 0.626. The molecular formula is C9H5BrOS2. The fourth-order valence-electron chi connectivity index (χ4n) is 1.20. The molecule has 2 aromatic rings. The van der Waals surface area contributed by atoms with Crippen molar-refractivity contribution in [1.82, 2.24) is 0 Å². The monoisotopic (exact) mass is 272 g/mol. The molecule has 13 heavy (non-hydrogen) atoms. The molecule has 0 aliphatic carbocycles. The lowest BCUT2D eigenvalue weighted by atomic mass is 10.2. The molecule has 0 aliphatic rings. The van der Waals surface area contributed by atoms with Crippen molar-refractivity contribution in [3.8, 4) is 0 Å². The maximum atomic E-state index is 10.7. The number of rotatable bonds is 1. The molecule has 4 heteroatoms. The average Bonchev–Trinajstić information content (AvgIpc) is 2.60. The zero-order chi connectivity index (χ0) is 9.42. The first-order valence-electron chi connectivity index (χ1n) is 3.58. The van der Waals surface area contributed by atoms with Crippen molar-refractivity contribution in [3.63, 3.8) is 0 Å². The van der Waals surface area contributed by atoms with Crippen LogP contribution < -0.4 is 0 Å². The number of carbonyl (C=O) groups excluding carboxylic acids is 1. The van der Waals surface area contributed by atoms with Crippen molar-refractivity contribution < 1.29 is 4.79 Å². The second kappa shape index (κ2) is 3.44. The fourth-order valence-corrected chi connectivity index (χ4v) is 3.13. The number of carbonyl (C=O) groups is 1. The van der Waals surface area contributed by atoms with Crippen LogP contribution in [-0.2, 0) is 0 Å². The van der Waals surface area contributed by atoms with E-state index in [0.29, 0.717) is 5.56 Å². The Kier molecular flexibility index (Phi) is 2.45. The molecule has 0 N–H and O–H groups in total. The van der Waals surface area contributed by atoms with Gasteiger partial charge in [0, 0.05) is 25.0 Å². The Bertz CT molecular complexity index is 476. The number of fused-ring (bicyclic) bond motifs is 1. The third-order valence-corrected chi connectivity index (χ3v) is 4.15. The van der Waals surface area contributed by atoms with Gasteiger partial charge in [-0.2, -0.15) is 0 Å². The molecule has 1 nitrogen and oxygen atoms in total. The lowest BCUT2D eigenvalue weighted by Crippen LogP contribution is -1.83. The van der Waals surface area contributed by atoms with E-state index in [-0.39, 0.29) is 0 Å². The Balaban J connectivity index is 2.93. The van der Waals surface area contributed by atoms with Crippen molar-refractivity contribution in [2.75, 3.05) is 0 Å². The first-order chi connectivity index (χ1) is 6.24. The smallest absolute Gasteiger partial charge is 0.151 e. The summed E-state index contributed by atoms with van der Waals surface area (Å²) in [6.45, 7) is 0. The van der Waals surface area contributed by atoms with Gasteiger partial charge in [0.2, 0.25) is 0 Å². The van der Waals surface area contributed by atoms with E-state index < -0.39 is 0 Å². The Morgan fingerprint density at radius 1 is 1.54 bits per heavy atom. The number of thiophene rings is 1. The zero-order valence-corrected chi connectivity index (χ0v) is 9.75. The average molecular weight is 273 g/mol. The number of thiol groups is 1. The van der Waals surface area contributed by atoms with Crippen molar-refractivity contribution in [2.45, 2.75) is 4.90 Å². The molecule has 0 bridgehead atoms. The summed E-state index contributed by atoms with van der Waals surface area (Å²) in [5.74, 6) is 0. The molecule has 1 heterocycles. The van der Waals surface area contributed by atoms with Crippen LogP contribution in [0.5, 0.6) is 0 Å². The van der Waals surface area contributed by atoms with Gasteiger partial charge in [-0.05, 0) is 33.4 Å². The molecular weight excluding hydrogens is 268 g/mol. The lowest BCUT2D eigenvalue weighted by Gasteiger charge is -2.01. The van der Waals surface area contributed by atoms with Crippen molar-refractivity contribution in [3.05, 3.63) is 27.5 Å². The standard InChI is InChI=1S/C9H5BrOS2/c10-7-3-5(4-11)8(12)6-1-2-13-9(6)7/h1-4,12H. The van der Waals surface area contributed by atoms with E-state index >= 15 is 0 Å². The van der Waals surface area contributed by atoms with Crippen LogP contribution in [0.15, 0.2) is 26.9 Å². The van der Waals surface area contributed by atoms with E-state index in [1.807, 2.05) is 11.4 Å². The van der Waals surface area contributed by atoms with Gasteiger partial charge < -0.3 is 0 Å². The molecule has 0 amide bonds. The van der Waals surface area contributed by atoms with Gasteiger partial charge in [0.25, 0.3) is 0 Å². The van der Waals surface area contributed by atoms with Crippen LogP contribution in [0.25, 0.3) is 10.1 Å². The summed E-state index contributed by atoms with van der Waals surface area (Å²) in [5.41, 5.74) is 0.626. The summed E-state index contributed by atoms with van der Waals surface area (Å²) in [7, 11) is 0. The van der Waals surface area contributed by atoms with Gasteiger partial charge in [-0.1, -0.05) is 0 Å². The number of hydrogen-bond donors (Lipinski definition) is 1. The van der Waals surface area contributed by atoms with Gasteiger partial charge >= 0.3 is 0 Å². The van der Waals surface area contributed by atoms with E-state index in [1.165, 1.54) is 0 Å². The van der Waals surface area contributed by atoms with E-state index in [1.54, 1.807) is 17.4 Å². The van der Waals surface area contributed by atoms with Gasteiger partial charge in [-0.25, -0.2) is 0 Å². The molecule has 1 aromatic carbocycles. The number of halogens is 1. The lowest BCUT2D eigenvalue weighted by molar-refractivity contribution is 0.112. The molecule has 0 saturated heterocycles. The van der Waals surface area contributed by atoms with E-state index in [2.05, 4.69) is 28.6 Å². The van der Waals surface area contributed by atoms with Gasteiger partial charge in [-0.3, -0.25) is 4.79 Å². The summed E-state index contributed by atoms with van der Waals surface area (Å²) in [6, 6.07) is 3.77. The van der Waals surface area contributed by atoms with Gasteiger partial charge in [0.15, 0.2) is 6.29 Å². The van der Waals surface area contributed by atoms with Gasteiger partial charge in [-0.15, -0.1) is 24.0 Å². The summed E-state index contributed by atoms with van der Waals surface area (Å²) >= 11 is 9.37. The Hall–Kier alpha value is -0.320. The maximum Gasteiger partial charge on any atom is 0.151 e. The highest BCUT2D eigenvalue weighted by molar-refractivity contribution is 9.10. The molecule has 0 radical (unpaired) electrons. The Morgan fingerprint density at radius 3 is 3.00 bits per heavy atom. The first-order valence-corrected chi connectivity index (χ1v) is 5.70. The summed E-state index contributed by atoms with van der Waals surface area (Å²) in [6.07, 6.45) is 0.824. The van der Waals surface area contributed by atoms with Crippen LogP contribution in [0, 0.1) is 0 Å². The highest BCUT2D eigenvalue weighted by Crippen LogP contribution is 2.35. The summed E-state index contributed by atoms with van der Waals surface area (Å²) in [5, 5.41) is 3.02. The van der Waals surface area contributed by atoms with E-state index in [4.69, 9.17) is 0 Å². The van der Waals surface area contributed by atoms with Crippen LogP contribution in [-0.4, -0.2) is 6.29 Å².